The van der Waals surface area contributed by atoms with E-state index in [1.165, 1.54) is 0 Å². The fourth-order valence-electron chi connectivity index (χ4n) is 0. The van der Waals surface area contributed by atoms with Crippen LogP contribution in [0.5, 0.6) is 0 Å². The van der Waals surface area contributed by atoms with Crippen LogP contribution < -0.4 is 0 Å². The molecule has 30 valence electrons. The monoisotopic (exact) mass is 108 g/mol. The summed E-state index contributed by atoms with van der Waals surface area (Å²) >= 11 is 3.65. The number of thiocarbonyl (C=S) groups is 1. The lowest BCUT2D eigenvalue weighted by atomic mass is 11.5. The molecule has 0 aliphatic heterocycles. The van der Waals surface area contributed by atoms with Crippen LogP contribution in [0.4, 0.5) is 0 Å². The van der Waals surface area contributed by atoms with Gasteiger partial charge in [-0.2, -0.15) is 0 Å². The zero-order valence-electron chi connectivity index (χ0n) is 1.80. The topological polar surface area (TPSA) is 40.5 Å². The first-order valence-corrected chi connectivity index (χ1v) is 1.06. The fraction of sp³-hybridized carbons (Fsp3) is 0. The molecular formula is CH5AlO2S. The maximum atomic E-state index is 7.34. The molecule has 0 aliphatic rings. The third-order valence-corrected chi connectivity index (χ3v) is 0. The molecule has 0 amide bonds. The molecule has 0 heterocycles. The molecule has 0 aromatic heterocycles. The molecule has 0 aliphatic carbocycles. The van der Waals surface area contributed by atoms with E-state index >= 15 is 0 Å². The zero-order chi connectivity index (χ0) is 3.58. The second kappa shape index (κ2) is 4.22. The van der Waals surface area contributed by atoms with Crippen molar-refractivity contribution < 1.29 is 10.2 Å². The number of aliphatic hydroxyl groups excluding tert-OH is 1. The highest BCUT2D eigenvalue weighted by Gasteiger charge is 1.62. The van der Waals surface area contributed by atoms with Crippen molar-refractivity contribution in [2.45, 2.75) is 0 Å². The SMILES string of the molecule is OC(O)=S.[AlH3]. The quantitative estimate of drug-likeness (QED) is 0.315. The minimum atomic E-state index is -1.000. The summed E-state index contributed by atoms with van der Waals surface area (Å²) in [7, 11) is 0. The van der Waals surface area contributed by atoms with E-state index in [1.807, 2.05) is 0 Å². The Morgan fingerprint density at radius 3 is 1.40 bits per heavy atom. The number of hydrogen-bond acceptors (Lipinski definition) is 1. The Morgan fingerprint density at radius 1 is 1.40 bits per heavy atom. The molecule has 2 N–H and O–H groups in total. The maximum Gasteiger partial charge on any atom is 0.347 e. The Balaban J connectivity index is 0. The molecular weight excluding hydrogens is 103 g/mol. The van der Waals surface area contributed by atoms with E-state index in [9.17, 15) is 0 Å². The van der Waals surface area contributed by atoms with E-state index in [-0.39, 0.29) is 17.4 Å². The molecule has 0 saturated heterocycles. The van der Waals surface area contributed by atoms with Crippen LogP contribution in [0.3, 0.4) is 0 Å². The van der Waals surface area contributed by atoms with Crippen LogP contribution in [0.25, 0.3) is 0 Å². The van der Waals surface area contributed by atoms with Crippen molar-refractivity contribution in [3.05, 3.63) is 0 Å². The van der Waals surface area contributed by atoms with E-state index in [2.05, 4.69) is 12.2 Å². The van der Waals surface area contributed by atoms with Crippen molar-refractivity contribution >= 4 is 34.8 Å². The van der Waals surface area contributed by atoms with Gasteiger partial charge in [0.1, 0.15) is 0 Å². The van der Waals surface area contributed by atoms with Gasteiger partial charge < -0.3 is 10.2 Å². The fourth-order valence-corrected chi connectivity index (χ4v) is 0. The van der Waals surface area contributed by atoms with Crippen LogP contribution in [0.15, 0.2) is 0 Å². The third kappa shape index (κ3) is 421. The summed E-state index contributed by atoms with van der Waals surface area (Å²) in [5.41, 5.74) is 0. The van der Waals surface area contributed by atoms with Gasteiger partial charge in [-0.25, -0.2) is 0 Å². The highest BCUT2D eigenvalue weighted by atomic mass is 32.1. The van der Waals surface area contributed by atoms with Gasteiger partial charge in [-0.3, -0.25) is 0 Å². The lowest BCUT2D eigenvalue weighted by molar-refractivity contribution is 0.386. The summed E-state index contributed by atoms with van der Waals surface area (Å²) in [5, 5.41) is 13.7. The van der Waals surface area contributed by atoms with Crippen molar-refractivity contribution in [1.82, 2.24) is 0 Å². The van der Waals surface area contributed by atoms with E-state index < -0.39 is 5.24 Å². The van der Waals surface area contributed by atoms with Crippen LogP contribution in [-0.2, 0) is 0 Å². The lowest BCUT2D eigenvalue weighted by Gasteiger charge is -1.65. The third-order valence-electron chi connectivity index (χ3n) is 0. The van der Waals surface area contributed by atoms with E-state index in [0.717, 1.165) is 0 Å². The van der Waals surface area contributed by atoms with Crippen LogP contribution in [-0.4, -0.2) is 32.8 Å². The second-order valence-corrected chi connectivity index (χ2v) is 0.648. The minimum absolute atomic E-state index is 0. The van der Waals surface area contributed by atoms with Gasteiger partial charge in [0.25, 0.3) is 0 Å². The summed E-state index contributed by atoms with van der Waals surface area (Å²) in [6.07, 6.45) is 0. The Morgan fingerprint density at radius 2 is 1.40 bits per heavy atom. The largest absolute Gasteiger partial charge is 0.473 e. The Kier molecular flexibility index (Phi) is 7.57. The molecule has 0 unspecified atom stereocenters. The Hall–Kier alpha value is 0.222. The van der Waals surface area contributed by atoms with E-state index in [4.69, 9.17) is 10.2 Å². The van der Waals surface area contributed by atoms with Crippen LogP contribution in [0, 0.1) is 0 Å². The molecule has 5 heavy (non-hydrogen) atoms. The van der Waals surface area contributed by atoms with Gasteiger partial charge in [-0.05, 0) is 0 Å². The van der Waals surface area contributed by atoms with Gasteiger partial charge in [0, 0.05) is 12.2 Å². The van der Waals surface area contributed by atoms with Gasteiger partial charge in [-0.15, -0.1) is 0 Å². The van der Waals surface area contributed by atoms with E-state index in [0.29, 0.717) is 0 Å². The molecule has 0 spiro atoms. The predicted octanol–water partition coefficient (Wildman–Crippen LogP) is -0.797. The maximum absolute atomic E-state index is 7.34. The van der Waals surface area contributed by atoms with Gasteiger partial charge in [0.15, 0.2) is 17.4 Å². The van der Waals surface area contributed by atoms with Gasteiger partial charge in [-0.1, -0.05) is 0 Å². The standard InChI is InChI=1S/CH2O2S.Al.3H/c2-1(3)4;;;;/h(H2,2,3,4);;;;. The van der Waals surface area contributed by atoms with Gasteiger partial charge in [0.2, 0.25) is 0 Å². The first-order chi connectivity index (χ1) is 1.73. The molecule has 0 saturated carbocycles. The Bertz CT molecular complexity index is 32.6. The number of hydrogen-bond donors (Lipinski definition) is 2. The Labute approximate surface area is 45.6 Å². The van der Waals surface area contributed by atoms with Crippen molar-refractivity contribution in [2.24, 2.45) is 0 Å². The van der Waals surface area contributed by atoms with Crippen LogP contribution >= 0.6 is 12.2 Å². The molecule has 0 aromatic carbocycles. The summed E-state index contributed by atoms with van der Waals surface area (Å²) in [6, 6.07) is 0. The number of aliphatic hydroxyl groups is 2. The molecule has 0 atom stereocenters. The smallest absolute Gasteiger partial charge is 0.347 e. The average molecular weight is 108 g/mol. The van der Waals surface area contributed by atoms with Crippen LogP contribution in [0.1, 0.15) is 0 Å². The summed E-state index contributed by atoms with van der Waals surface area (Å²) < 4.78 is 0. The van der Waals surface area contributed by atoms with Crippen molar-refractivity contribution in [1.29, 1.82) is 0 Å². The highest BCUT2D eigenvalue weighted by molar-refractivity contribution is 7.79. The average Bonchev–Trinajstić information content (AvgIpc) is 0.811. The van der Waals surface area contributed by atoms with Crippen LogP contribution in [0.2, 0.25) is 0 Å². The van der Waals surface area contributed by atoms with Crippen molar-refractivity contribution in [3.63, 3.8) is 0 Å². The summed E-state index contributed by atoms with van der Waals surface area (Å²) in [5.74, 6) is 0. The minimum Gasteiger partial charge on any atom is -0.473 e. The molecule has 0 aromatic rings. The zero-order valence-corrected chi connectivity index (χ0v) is 2.62. The first-order valence-electron chi connectivity index (χ1n) is 0.651. The normalized spacial score (nSPS) is 4.80. The van der Waals surface area contributed by atoms with Gasteiger partial charge in [0.05, 0.1) is 0 Å². The molecule has 0 rings (SSSR count). The number of rotatable bonds is 0. The van der Waals surface area contributed by atoms with Crippen molar-refractivity contribution in [3.8, 4) is 0 Å². The first kappa shape index (κ1) is 8.97. The summed E-state index contributed by atoms with van der Waals surface area (Å²) in [4.78, 5) is 0. The molecule has 0 radical (unpaired) electrons. The predicted molar refractivity (Wildman–Crippen MR) is 27.8 cm³/mol. The van der Waals surface area contributed by atoms with Crippen molar-refractivity contribution in [2.75, 3.05) is 0 Å². The molecule has 0 bridgehead atoms. The lowest BCUT2D eigenvalue weighted by Crippen LogP contribution is -1.80. The molecule has 0 fully saturated rings. The summed E-state index contributed by atoms with van der Waals surface area (Å²) in [6.45, 7) is 0. The molecule has 2 nitrogen and oxygen atoms in total. The second-order valence-electron chi connectivity index (χ2n) is 0.283. The van der Waals surface area contributed by atoms with Gasteiger partial charge >= 0.3 is 5.24 Å². The highest BCUT2D eigenvalue weighted by Crippen LogP contribution is 1.47. The molecule has 4 heteroatoms. The van der Waals surface area contributed by atoms with E-state index in [1.54, 1.807) is 0 Å².